The number of carbonyl (C=O) groups is 2. The molecule has 1 aliphatic rings. The van der Waals surface area contributed by atoms with Crippen LogP contribution in [0.15, 0.2) is 75.9 Å². The average Bonchev–Trinajstić information content (AvgIpc) is 3.52. The summed E-state index contributed by atoms with van der Waals surface area (Å²) in [6.07, 6.45) is 1.50. The van der Waals surface area contributed by atoms with Gasteiger partial charge in [-0.05, 0) is 29.8 Å². The van der Waals surface area contributed by atoms with E-state index < -0.39 is 29.3 Å². The number of nitrogens with zero attached hydrogens (tertiary/aromatic N) is 2. The van der Waals surface area contributed by atoms with Crippen molar-refractivity contribution in [2.75, 3.05) is 12.0 Å². The maximum absolute atomic E-state index is 14.0. The molecule has 160 valence electrons. The molecule has 0 saturated heterocycles. The quantitative estimate of drug-likeness (QED) is 0.438. The van der Waals surface area contributed by atoms with Gasteiger partial charge >= 0.3 is 0 Å². The van der Waals surface area contributed by atoms with E-state index in [1.807, 2.05) is 0 Å². The zero-order chi connectivity index (χ0) is 22.4. The van der Waals surface area contributed by atoms with E-state index in [0.29, 0.717) is 22.3 Å². The van der Waals surface area contributed by atoms with Gasteiger partial charge in [0.2, 0.25) is 5.78 Å². The summed E-state index contributed by atoms with van der Waals surface area (Å²) in [4.78, 5) is 31.8. The van der Waals surface area contributed by atoms with Gasteiger partial charge in [0.05, 0.1) is 18.7 Å². The van der Waals surface area contributed by atoms with Crippen molar-refractivity contribution in [3.63, 3.8) is 0 Å². The van der Waals surface area contributed by atoms with E-state index in [4.69, 9.17) is 9.15 Å². The van der Waals surface area contributed by atoms with Crippen molar-refractivity contribution < 1.29 is 28.2 Å². The Morgan fingerprint density at radius 1 is 1.25 bits per heavy atom. The van der Waals surface area contributed by atoms with Gasteiger partial charge in [0, 0.05) is 17.0 Å². The fraction of sp³-hybridized carbons (Fsp3) is 0.0870. The molecule has 1 atom stereocenters. The number of anilines is 1. The summed E-state index contributed by atoms with van der Waals surface area (Å²) in [6.45, 7) is 0. The van der Waals surface area contributed by atoms with Crippen LogP contribution in [0.25, 0.3) is 11.0 Å². The standard InChI is InChI=1S/C23H15FN2O5S/c1-30-15-7-3-5-13-11-16(31-21(13)15)19(27)17-18(12-4-2-6-14(24)10-12)26(22(29)20(17)28)23-25-8-9-32-23/h2-11,18,28H,1H3. The number of rotatable bonds is 5. The summed E-state index contributed by atoms with van der Waals surface area (Å²) in [5.74, 6) is -2.41. The number of Topliss-reactive ketones (excluding diaryl/α,β-unsaturated/α-hetero) is 1. The molecule has 5 rings (SSSR count). The molecule has 2 aromatic carbocycles. The van der Waals surface area contributed by atoms with Gasteiger partial charge < -0.3 is 14.3 Å². The van der Waals surface area contributed by atoms with E-state index in [-0.39, 0.29) is 16.5 Å². The van der Waals surface area contributed by atoms with Gasteiger partial charge in [0.25, 0.3) is 5.91 Å². The molecule has 1 unspecified atom stereocenters. The molecule has 0 bridgehead atoms. The lowest BCUT2D eigenvalue weighted by atomic mass is 9.95. The van der Waals surface area contributed by atoms with Crippen molar-refractivity contribution in [1.82, 2.24) is 4.98 Å². The van der Waals surface area contributed by atoms with Crippen LogP contribution in [0.2, 0.25) is 0 Å². The summed E-state index contributed by atoms with van der Waals surface area (Å²) >= 11 is 1.16. The molecular formula is C23H15FN2O5S. The molecule has 1 N–H and O–H groups in total. The largest absolute Gasteiger partial charge is 0.503 e. The maximum Gasteiger partial charge on any atom is 0.296 e. The highest BCUT2D eigenvalue weighted by molar-refractivity contribution is 7.13. The highest BCUT2D eigenvalue weighted by atomic mass is 32.1. The highest BCUT2D eigenvalue weighted by Crippen LogP contribution is 2.43. The molecule has 0 saturated carbocycles. The second kappa shape index (κ2) is 7.61. The van der Waals surface area contributed by atoms with E-state index >= 15 is 0 Å². The number of methoxy groups -OCH3 is 1. The Hall–Kier alpha value is -3.98. The normalized spacial score (nSPS) is 16.2. The third-order valence-corrected chi connectivity index (χ3v) is 5.96. The minimum atomic E-state index is -1.08. The van der Waals surface area contributed by atoms with Gasteiger partial charge in [-0.15, -0.1) is 11.3 Å². The second-order valence-corrected chi connectivity index (χ2v) is 7.90. The zero-order valence-electron chi connectivity index (χ0n) is 16.6. The molecule has 4 aromatic rings. The zero-order valence-corrected chi connectivity index (χ0v) is 17.4. The van der Waals surface area contributed by atoms with Crippen molar-refractivity contribution in [3.05, 3.63) is 88.6 Å². The number of hydrogen-bond donors (Lipinski definition) is 1. The molecule has 1 amide bonds. The summed E-state index contributed by atoms with van der Waals surface area (Å²) in [5, 5.41) is 13.3. The Labute approximate surface area is 185 Å². The fourth-order valence-corrected chi connectivity index (χ4v) is 4.47. The van der Waals surface area contributed by atoms with Crippen LogP contribution in [0.4, 0.5) is 9.52 Å². The second-order valence-electron chi connectivity index (χ2n) is 7.03. The van der Waals surface area contributed by atoms with Crippen LogP contribution in [-0.4, -0.2) is 28.9 Å². The summed E-state index contributed by atoms with van der Waals surface area (Å²) in [7, 11) is 1.48. The Morgan fingerprint density at radius 2 is 2.06 bits per heavy atom. The maximum atomic E-state index is 14.0. The number of furan rings is 1. The van der Waals surface area contributed by atoms with Crippen LogP contribution in [0.1, 0.15) is 22.2 Å². The van der Waals surface area contributed by atoms with Crippen molar-refractivity contribution >= 4 is 39.1 Å². The van der Waals surface area contributed by atoms with Crippen LogP contribution >= 0.6 is 11.3 Å². The number of aromatic nitrogens is 1. The van der Waals surface area contributed by atoms with E-state index in [2.05, 4.69) is 4.98 Å². The molecular weight excluding hydrogens is 435 g/mol. The van der Waals surface area contributed by atoms with Crippen molar-refractivity contribution in [3.8, 4) is 5.75 Å². The molecule has 3 heterocycles. The van der Waals surface area contributed by atoms with E-state index in [1.165, 1.54) is 42.5 Å². The molecule has 0 aliphatic carbocycles. The van der Waals surface area contributed by atoms with Gasteiger partial charge in [-0.25, -0.2) is 9.37 Å². The lowest BCUT2D eigenvalue weighted by Crippen LogP contribution is -2.31. The van der Waals surface area contributed by atoms with Gasteiger partial charge in [-0.2, -0.15) is 0 Å². The highest BCUT2D eigenvalue weighted by Gasteiger charge is 2.46. The number of aliphatic hydroxyl groups is 1. The van der Waals surface area contributed by atoms with Crippen LogP contribution in [0.3, 0.4) is 0 Å². The number of ketones is 1. The van der Waals surface area contributed by atoms with Crippen LogP contribution in [0, 0.1) is 5.82 Å². The molecule has 7 nitrogen and oxygen atoms in total. The average molecular weight is 450 g/mol. The molecule has 2 aromatic heterocycles. The van der Waals surface area contributed by atoms with Gasteiger partial charge in [0.1, 0.15) is 5.82 Å². The smallest absolute Gasteiger partial charge is 0.296 e. The summed E-state index contributed by atoms with van der Waals surface area (Å²) < 4.78 is 25.1. The first kappa shape index (κ1) is 20.0. The number of hydrogen-bond acceptors (Lipinski definition) is 7. The van der Waals surface area contributed by atoms with Gasteiger partial charge in [-0.1, -0.05) is 24.3 Å². The molecule has 0 fully saturated rings. The molecule has 0 radical (unpaired) electrons. The number of thiazole rings is 1. The number of ether oxygens (including phenoxy) is 1. The Balaban J connectivity index is 1.67. The first-order chi connectivity index (χ1) is 15.5. The third-order valence-electron chi connectivity index (χ3n) is 5.19. The van der Waals surface area contributed by atoms with Gasteiger partial charge in [-0.3, -0.25) is 14.5 Å². The lowest BCUT2D eigenvalue weighted by Gasteiger charge is -2.24. The minimum absolute atomic E-state index is 0.0822. The monoisotopic (exact) mass is 450 g/mol. The van der Waals surface area contributed by atoms with Crippen LogP contribution < -0.4 is 9.64 Å². The number of para-hydroxylation sites is 1. The number of aliphatic hydroxyl groups excluding tert-OH is 1. The van der Waals surface area contributed by atoms with Gasteiger partial charge in [0.15, 0.2) is 28.0 Å². The molecule has 1 aliphatic heterocycles. The van der Waals surface area contributed by atoms with Crippen molar-refractivity contribution in [2.24, 2.45) is 0 Å². The van der Waals surface area contributed by atoms with Crippen molar-refractivity contribution in [1.29, 1.82) is 0 Å². The Morgan fingerprint density at radius 3 is 2.78 bits per heavy atom. The summed E-state index contributed by atoms with van der Waals surface area (Å²) in [5.41, 5.74) is 0.463. The first-order valence-corrected chi connectivity index (χ1v) is 10.4. The predicted molar refractivity (Wildman–Crippen MR) is 115 cm³/mol. The van der Waals surface area contributed by atoms with E-state index in [0.717, 1.165) is 11.3 Å². The SMILES string of the molecule is COc1cccc2cc(C(=O)C3=C(O)C(=O)N(c4nccs4)C3c3cccc(F)c3)oc12. The van der Waals surface area contributed by atoms with Crippen molar-refractivity contribution in [2.45, 2.75) is 6.04 Å². The number of fused-ring (bicyclic) bond motifs is 1. The van der Waals surface area contributed by atoms with Crippen LogP contribution in [0.5, 0.6) is 5.75 Å². The Kier molecular flexibility index (Phi) is 4.75. The molecule has 0 spiro atoms. The molecule has 9 heteroatoms. The predicted octanol–water partition coefficient (Wildman–Crippen LogP) is 4.82. The number of amides is 1. The number of benzene rings is 2. The Bertz CT molecular complexity index is 1390. The van der Waals surface area contributed by atoms with E-state index in [9.17, 15) is 19.1 Å². The first-order valence-electron chi connectivity index (χ1n) is 9.52. The van der Waals surface area contributed by atoms with E-state index in [1.54, 1.807) is 29.6 Å². The number of carbonyl (C=O) groups excluding carboxylic acids is 2. The van der Waals surface area contributed by atoms with Crippen LogP contribution in [-0.2, 0) is 4.79 Å². The third kappa shape index (κ3) is 3.05. The minimum Gasteiger partial charge on any atom is -0.503 e. The molecule has 32 heavy (non-hydrogen) atoms. The summed E-state index contributed by atoms with van der Waals surface area (Å²) in [6, 6.07) is 11.1. The fourth-order valence-electron chi connectivity index (χ4n) is 3.80. The lowest BCUT2D eigenvalue weighted by molar-refractivity contribution is -0.117. The number of halogens is 1. The topological polar surface area (TPSA) is 92.9 Å².